The lowest BCUT2D eigenvalue weighted by Gasteiger charge is -2.15. The quantitative estimate of drug-likeness (QED) is 0.482. The van der Waals surface area contributed by atoms with E-state index in [1.807, 2.05) is 6.92 Å². The topological polar surface area (TPSA) is 97.8 Å². The van der Waals surface area contributed by atoms with Gasteiger partial charge < -0.3 is 9.17 Å². The number of H-pyrrole nitrogens is 1. The van der Waals surface area contributed by atoms with Crippen molar-refractivity contribution in [1.29, 1.82) is 0 Å². The summed E-state index contributed by atoms with van der Waals surface area (Å²) in [5, 5.41) is 0. The van der Waals surface area contributed by atoms with Crippen molar-refractivity contribution < 1.29 is 25.8 Å². The average molecular weight is 428 g/mol. The molecule has 0 bridgehead atoms. The third-order valence-corrected chi connectivity index (χ3v) is 5.28. The molecule has 0 fully saturated rings. The number of aromatic nitrogens is 4. The Morgan fingerprint density at radius 3 is 2.45 bits per heavy atom. The maximum absolute atomic E-state index is 12.9. The Balaban J connectivity index is 2.24. The highest BCUT2D eigenvalue weighted by Crippen LogP contribution is 2.35. The molecule has 29 heavy (non-hydrogen) atoms. The summed E-state index contributed by atoms with van der Waals surface area (Å²) in [6.07, 6.45) is 2.41. The zero-order valence-electron chi connectivity index (χ0n) is 16.1. The maximum atomic E-state index is 12.9. The largest absolute Gasteiger partial charge is 0.534 e. The number of aromatic amines is 1. The first kappa shape index (κ1) is 21.0. The molecule has 1 N–H and O–H groups in total. The van der Waals surface area contributed by atoms with E-state index in [9.17, 15) is 21.6 Å². The molecule has 0 radical (unpaired) electrons. The molecule has 0 amide bonds. The monoisotopic (exact) mass is 428 g/mol. The van der Waals surface area contributed by atoms with Crippen LogP contribution in [-0.2, 0) is 16.5 Å². The van der Waals surface area contributed by atoms with Gasteiger partial charge in [0.05, 0.1) is 17.0 Å². The van der Waals surface area contributed by atoms with E-state index in [1.54, 1.807) is 33.0 Å². The van der Waals surface area contributed by atoms with Crippen LogP contribution in [0.5, 0.6) is 5.88 Å². The number of aryl methyl sites for hydroxylation is 2. The summed E-state index contributed by atoms with van der Waals surface area (Å²) in [5.41, 5.74) is -2.67. The van der Waals surface area contributed by atoms with Crippen molar-refractivity contribution in [1.82, 2.24) is 19.9 Å². The number of nitrogens with one attached hydrogen (secondary N) is 1. The lowest BCUT2D eigenvalue weighted by molar-refractivity contribution is -0.0501. The van der Waals surface area contributed by atoms with E-state index in [-0.39, 0.29) is 17.2 Å². The lowest BCUT2D eigenvalue weighted by atomic mass is 10.1. The zero-order chi connectivity index (χ0) is 21.6. The van der Waals surface area contributed by atoms with Crippen LogP contribution >= 0.6 is 0 Å². The Morgan fingerprint density at radius 1 is 1.17 bits per heavy atom. The molecule has 0 aliphatic heterocycles. The molecule has 3 aromatic rings. The second-order valence-electron chi connectivity index (χ2n) is 6.75. The lowest BCUT2D eigenvalue weighted by Crippen LogP contribution is -2.28. The predicted octanol–water partition coefficient (Wildman–Crippen LogP) is 4.24. The molecule has 156 valence electrons. The maximum Gasteiger partial charge on any atom is 0.534 e. The number of hydrogen-bond donors (Lipinski definition) is 1. The Kier molecular flexibility index (Phi) is 5.28. The van der Waals surface area contributed by atoms with Crippen molar-refractivity contribution in [2.75, 3.05) is 0 Å². The Morgan fingerprint density at radius 2 is 1.86 bits per heavy atom. The third-order valence-electron chi connectivity index (χ3n) is 4.34. The third kappa shape index (κ3) is 3.91. The van der Waals surface area contributed by atoms with Crippen molar-refractivity contribution >= 4 is 21.3 Å². The molecule has 0 aliphatic carbocycles. The molecule has 3 heterocycles. The summed E-state index contributed by atoms with van der Waals surface area (Å²) >= 11 is 0. The normalized spacial score (nSPS) is 12.7. The number of alkyl halides is 3. The van der Waals surface area contributed by atoms with Crippen molar-refractivity contribution in [3.8, 4) is 17.1 Å². The molecule has 0 spiro atoms. The molecular weight excluding hydrogens is 409 g/mol. The van der Waals surface area contributed by atoms with Crippen LogP contribution in [0.25, 0.3) is 22.4 Å². The van der Waals surface area contributed by atoms with Gasteiger partial charge >= 0.3 is 15.6 Å². The van der Waals surface area contributed by atoms with Crippen LogP contribution in [-0.4, -0.2) is 33.9 Å². The van der Waals surface area contributed by atoms with E-state index in [2.05, 4.69) is 24.1 Å². The van der Waals surface area contributed by atoms with Crippen LogP contribution in [0.3, 0.4) is 0 Å². The number of halogens is 3. The van der Waals surface area contributed by atoms with Gasteiger partial charge in [0.2, 0.25) is 5.88 Å². The van der Waals surface area contributed by atoms with E-state index in [1.165, 1.54) is 6.07 Å². The Bertz CT molecular complexity index is 1170. The highest BCUT2D eigenvalue weighted by atomic mass is 32.2. The van der Waals surface area contributed by atoms with E-state index >= 15 is 0 Å². The highest BCUT2D eigenvalue weighted by molar-refractivity contribution is 7.88. The van der Waals surface area contributed by atoms with Crippen LogP contribution in [0.2, 0.25) is 0 Å². The first-order valence-corrected chi connectivity index (χ1v) is 10.2. The zero-order valence-corrected chi connectivity index (χ0v) is 16.9. The number of pyridine rings is 1. The number of hydrogen-bond acceptors (Lipinski definition) is 6. The van der Waals surface area contributed by atoms with Gasteiger partial charge in [-0.05, 0) is 37.0 Å². The van der Waals surface area contributed by atoms with Crippen molar-refractivity contribution in [2.45, 2.75) is 45.5 Å². The van der Waals surface area contributed by atoms with Gasteiger partial charge in [-0.25, -0.2) is 15.0 Å². The first-order chi connectivity index (χ1) is 13.4. The van der Waals surface area contributed by atoms with E-state index < -0.39 is 21.5 Å². The summed E-state index contributed by atoms with van der Waals surface area (Å²) in [4.78, 5) is 15.9. The van der Waals surface area contributed by atoms with Gasteiger partial charge in [-0.1, -0.05) is 20.8 Å². The van der Waals surface area contributed by atoms with E-state index in [0.717, 1.165) is 5.56 Å². The predicted molar refractivity (Wildman–Crippen MR) is 101 cm³/mol. The fraction of sp³-hybridized carbons (Fsp3) is 0.389. The Labute approximate surface area is 165 Å². The van der Waals surface area contributed by atoms with E-state index in [4.69, 9.17) is 0 Å². The molecule has 0 atom stereocenters. The number of nitrogens with zero attached hydrogens (tertiary/aromatic N) is 3. The van der Waals surface area contributed by atoms with Gasteiger partial charge in [0, 0.05) is 11.9 Å². The molecule has 0 saturated heterocycles. The number of rotatable bonds is 5. The minimum Gasteiger partial charge on any atom is -0.354 e. The van der Waals surface area contributed by atoms with Gasteiger partial charge in [0.15, 0.2) is 5.65 Å². The van der Waals surface area contributed by atoms with Crippen LogP contribution in [0, 0.1) is 6.92 Å². The standard InChI is InChI=1S/C18H19F3N4O3S/c1-5-11-8-22-16-15(11)25-14(10(4)23-16)12-6-7-13(9(2)3)24-17(12)28-29(26,27)18(19,20)21/h6-9H,5H2,1-4H3,(H,22,23). The molecule has 0 aliphatic rings. The fourth-order valence-corrected chi connectivity index (χ4v) is 3.19. The minimum absolute atomic E-state index is 0.0115. The summed E-state index contributed by atoms with van der Waals surface area (Å²) in [5.74, 6) is -0.843. The van der Waals surface area contributed by atoms with Crippen LogP contribution < -0.4 is 4.18 Å². The molecule has 0 unspecified atom stereocenters. The summed E-state index contributed by atoms with van der Waals surface area (Å²) in [6, 6.07) is 3.04. The number of fused-ring (bicyclic) bond motifs is 1. The second kappa shape index (κ2) is 7.29. The van der Waals surface area contributed by atoms with Gasteiger partial charge in [-0.3, -0.25) is 0 Å². The van der Waals surface area contributed by atoms with Gasteiger partial charge in [0.1, 0.15) is 5.52 Å². The molecule has 3 aromatic heterocycles. The SMILES string of the molecule is CCc1c[nH]c2nc(C)c(-c3ccc(C(C)C)nc3OS(=O)(=O)C(F)(F)F)nc12. The smallest absolute Gasteiger partial charge is 0.354 e. The van der Waals surface area contributed by atoms with Crippen molar-refractivity contribution in [2.24, 2.45) is 0 Å². The van der Waals surface area contributed by atoms with Crippen molar-refractivity contribution in [3.05, 3.63) is 35.3 Å². The molecule has 7 nitrogen and oxygen atoms in total. The molecule has 0 aromatic carbocycles. The molecule has 3 rings (SSSR count). The summed E-state index contributed by atoms with van der Waals surface area (Å²) in [7, 11) is -5.90. The first-order valence-electron chi connectivity index (χ1n) is 8.81. The van der Waals surface area contributed by atoms with Gasteiger partial charge in [-0.15, -0.1) is 0 Å². The van der Waals surface area contributed by atoms with Crippen molar-refractivity contribution in [3.63, 3.8) is 0 Å². The van der Waals surface area contributed by atoms with E-state index in [0.29, 0.717) is 29.0 Å². The summed E-state index contributed by atoms with van der Waals surface area (Å²) < 4.78 is 66.3. The summed E-state index contributed by atoms with van der Waals surface area (Å²) in [6.45, 7) is 7.09. The molecule has 0 saturated carbocycles. The van der Waals surface area contributed by atoms with Gasteiger partial charge in [0.25, 0.3) is 0 Å². The second-order valence-corrected chi connectivity index (χ2v) is 8.29. The fourth-order valence-electron chi connectivity index (χ4n) is 2.76. The van der Waals surface area contributed by atoms with Crippen LogP contribution in [0.4, 0.5) is 13.2 Å². The Hall–Kier alpha value is -2.69. The highest BCUT2D eigenvalue weighted by Gasteiger charge is 2.49. The average Bonchev–Trinajstić information content (AvgIpc) is 3.01. The van der Waals surface area contributed by atoms with Gasteiger partial charge in [-0.2, -0.15) is 21.6 Å². The van der Waals surface area contributed by atoms with Crippen LogP contribution in [0.1, 0.15) is 43.6 Å². The minimum atomic E-state index is -5.90. The molecule has 11 heteroatoms. The molecular formula is C18H19F3N4O3S. The van der Waals surface area contributed by atoms with Crippen LogP contribution in [0.15, 0.2) is 18.3 Å².